The Hall–Kier alpha value is -0.820. The fourth-order valence-corrected chi connectivity index (χ4v) is 4.05. The van der Waals surface area contributed by atoms with Gasteiger partial charge in [0.25, 0.3) is 5.91 Å². The van der Waals surface area contributed by atoms with Gasteiger partial charge in [-0.15, -0.1) is 0 Å². The Labute approximate surface area is 108 Å². The van der Waals surface area contributed by atoms with Crippen LogP contribution >= 0.6 is 15.9 Å². The van der Waals surface area contributed by atoms with E-state index in [0.29, 0.717) is 12.1 Å². The van der Waals surface area contributed by atoms with Crippen LogP contribution in [0.15, 0.2) is 16.7 Å². The molecule has 1 amide bonds. The lowest BCUT2D eigenvalue weighted by Crippen LogP contribution is -2.37. The van der Waals surface area contributed by atoms with Gasteiger partial charge in [-0.05, 0) is 28.4 Å². The van der Waals surface area contributed by atoms with Crippen molar-refractivity contribution in [1.29, 1.82) is 0 Å². The molecule has 17 heavy (non-hydrogen) atoms. The Morgan fingerprint density at radius 1 is 1.59 bits per heavy atom. The first-order valence-corrected chi connectivity index (χ1v) is 7.82. The van der Waals surface area contributed by atoms with E-state index in [0.717, 1.165) is 4.47 Å². The maximum Gasteiger partial charge on any atom is 0.270 e. The van der Waals surface area contributed by atoms with Crippen LogP contribution in [0.1, 0.15) is 16.9 Å². The lowest BCUT2D eigenvalue weighted by Gasteiger charge is -2.22. The van der Waals surface area contributed by atoms with Crippen molar-refractivity contribution >= 4 is 31.7 Å². The highest BCUT2D eigenvalue weighted by Gasteiger charge is 2.33. The molecular formula is C10H13BrN2O3S. The normalized spacial score (nSPS) is 22.6. The summed E-state index contributed by atoms with van der Waals surface area (Å²) in [6.07, 6.45) is 2.19. The highest BCUT2D eigenvalue weighted by atomic mass is 79.9. The number of nitrogens with one attached hydrogen (secondary N) is 1. The third-order valence-electron chi connectivity index (χ3n) is 2.95. The van der Waals surface area contributed by atoms with Crippen LogP contribution in [0, 0.1) is 0 Å². The molecule has 1 unspecified atom stereocenters. The van der Waals surface area contributed by atoms with E-state index in [1.165, 1.54) is 4.90 Å². The highest BCUT2D eigenvalue weighted by molar-refractivity contribution is 9.10. The fraction of sp³-hybridized carbons (Fsp3) is 0.500. The van der Waals surface area contributed by atoms with Gasteiger partial charge in [0.15, 0.2) is 9.84 Å². The lowest BCUT2D eigenvalue weighted by atomic mass is 10.2. The van der Waals surface area contributed by atoms with Crippen LogP contribution in [0.3, 0.4) is 0 Å². The predicted molar refractivity (Wildman–Crippen MR) is 67.6 cm³/mol. The summed E-state index contributed by atoms with van der Waals surface area (Å²) >= 11 is 3.25. The summed E-state index contributed by atoms with van der Waals surface area (Å²) in [5.41, 5.74) is 0.462. The summed E-state index contributed by atoms with van der Waals surface area (Å²) in [5, 5.41) is 0. The van der Waals surface area contributed by atoms with E-state index in [-0.39, 0.29) is 23.5 Å². The van der Waals surface area contributed by atoms with Crippen molar-refractivity contribution in [2.75, 3.05) is 18.6 Å². The van der Waals surface area contributed by atoms with E-state index < -0.39 is 9.84 Å². The molecule has 2 rings (SSSR count). The van der Waals surface area contributed by atoms with Gasteiger partial charge < -0.3 is 9.88 Å². The molecule has 1 atom stereocenters. The van der Waals surface area contributed by atoms with E-state index in [4.69, 9.17) is 0 Å². The van der Waals surface area contributed by atoms with Crippen molar-refractivity contribution in [2.45, 2.75) is 12.5 Å². The molecule has 7 heteroatoms. The van der Waals surface area contributed by atoms with Crippen LogP contribution in [0.5, 0.6) is 0 Å². The van der Waals surface area contributed by atoms with Crippen LogP contribution in [-0.2, 0) is 9.84 Å². The Morgan fingerprint density at radius 3 is 2.76 bits per heavy atom. The van der Waals surface area contributed by atoms with E-state index >= 15 is 0 Å². The predicted octanol–water partition coefficient (Wildman–Crippen LogP) is 1.04. The first-order chi connectivity index (χ1) is 7.89. The molecule has 1 aliphatic heterocycles. The number of hydrogen-bond acceptors (Lipinski definition) is 3. The molecule has 1 fully saturated rings. The largest absolute Gasteiger partial charge is 0.356 e. The van der Waals surface area contributed by atoms with Crippen LogP contribution in [0.2, 0.25) is 0 Å². The summed E-state index contributed by atoms with van der Waals surface area (Å²) in [7, 11) is -1.32. The number of H-pyrrole nitrogens is 1. The fourth-order valence-electron chi connectivity index (χ4n) is 1.93. The second kappa shape index (κ2) is 4.45. The summed E-state index contributed by atoms with van der Waals surface area (Å²) in [4.78, 5) is 16.4. The Morgan fingerprint density at radius 2 is 2.29 bits per heavy atom. The standard InChI is InChI=1S/C10H13BrN2O3S/c1-13(8-2-3-17(15,16)6-8)10(14)9-4-7(11)5-12-9/h4-5,8,12H,2-3,6H2,1H3. The third-order valence-corrected chi connectivity index (χ3v) is 5.16. The molecule has 1 saturated heterocycles. The van der Waals surface area contributed by atoms with Gasteiger partial charge in [0.05, 0.1) is 11.5 Å². The minimum absolute atomic E-state index is 0.0666. The number of aromatic amines is 1. The molecule has 0 bridgehead atoms. The molecule has 94 valence electrons. The summed E-state index contributed by atoms with van der Waals surface area (Å²) in [6, 6.07) is 1.47. The molecule has 1 aromatic heterocycles. The van der Waals surface area contributed by atoms with Gasteiger partial charge in [-0.1, -0.05) is 0 Å². The van der Waals surface area contributed by atoms with Crippen LogP contribution in [0.25, 0.3) is 0 Å². The lowest BCUT2D eigenvalue weighted by molar-refractivity contribution is 0.0742. The van der Waals surface area contributed by atoms with Gasteiger partial charge in [-0.3, -0.25) is 4.79 Å². The second-order valence-corrected chi connectivity index (χ2v) is 7.35. The Balaban J connectivity index is 2.11. The minimum Gasteiger partial charge on any atom is -0.356 e. The topological polar surface area (TPSA) is 70.2 Å². The molecule has 1 aromatic rings. The number of nitrogens with zero attached hydrogens (tertiary/aromatic N) is 1. The number of aromatic nitrogens is 1. The molecule has 0 radical (unpaired) electrons. The molecule has 2 heterocycles. The van der Waals surface area contributed by atoms with Crippen molar-refractivity contribution < 1.29 is 13.2 Å². The van der Waals surface area contributed by atoms with Gasteiger partial charge in [0, 0.05) is 23.8 Å². The van der Waals surface area contributed by atoms with Crippen molar-refractivity contribution in [3.63, 3.8) is 0 Å². The number of hydrogen-bond donors (Lipinski definition) is 1. The average Bonchev–Trinajstić information content (AvgIpc) is 2.82. The summed E-state index contributed by atoms with van der Waals surface area (Å²) in [6.45, 7) is 0. The van der Waals surface area contributed by atoms with Gasteiger partial charge >= 0.3 is 0 Å². The molecule has 0 aliphatic carbocycles. The molecule has 5 nitrogen and oxygen atoms in total. The van der Waals surface area contributed by atoms with Gasteiger partial charge in [-0.25, -0.2) is 8.42 Å². The number of rotatable bonds is 2. The molecular weight excluding hydrogens is 308 g/mol. The van der Waals surface area contributed by atoms with E-state index in [2.05, 4.69) is 20.9 Å². The average molecular weight is 321 g/mol. The van der Waals surface area contributed by atoms with E-state index in [1.54, 1.807) is 19.3 Å². The zero-order chi connectivity index (χ0) is 12.6. The maximum atomic E-state index is 12.0. The number of carbonyl (C=O) groups is 1. The zero-order valence-electron chi connectivity index (χ0n) is 9.31. The van der Waals surface area contributed by atoms with Crippen molar-refractivity contribution in [3.05, 3.63) is 22.4 Å². The smallest absolute Gasteiger partial charge is 0.270 e. The van der Waals surface area contributed by atoms with Gasteiger partial charge in [0.1, 0.15) is 5.69 Å². The molecule has 1 N–H and O–H groups in total. The van der Waals surface area contributed by atoms with Crippen LogP contribution in [0.4, 0.5) is 0 Å². The number of sulfone groups is 1. The zero-order valence-corrected chi connectivity index (χ0v) is 11.7. The molecule has 0 saturated carbocycles. The maximum absolute atomic E-state index is 12.0. The van der Waals surface area contributed by atoms with Crippen LogP contribution < -0.4 is 0 Å². The highest BCUT2D eigenvalue weighted by Crippen LogP contribution is 2.19. The Kier molecular flexibility index (Phi) is 3.31. The van der Waals surface area contributed by atoms with Crippen LogP contribution in [-0.4, -0.2) is 48.8 Å². The molecule has 1 aliphatic rings. The third kappa shape index (κ3) is 2.71. The quantitative estimate of drug-likeness (QED) is 0.885. The minimum atomic E-state index is -2.96. The Bertz CT molecular complexity index is 538. The SMILES string of the molecule is CN(C(=O)c1cc(Br)c[nH]1)C1CCS(=O)(=O)C1. The van der Waals surface area contributed by atoms with Gasteiger partial charge in [0.2, 0.25) is 0 Å². The monoisotopic (exact) mass is 320 g/mol. The van der Waals surface area contributed by atoms with Gasteiger partial charge in [-0.2, -0.15) is 0 Å². The van der Waals surface area contributed by atoms with Crippen molar-refractivity contribution in [2.24, 2.45) is 0 Å². The summed E-state index contributed by atoms with van der Waals surface area (Å²) in [5.74, 6) is 0.0543. The van der Waals surface area contributed by atoms with Crippen molar-refractivity contribution in [3.8, 4) is 0 Å². The van der Waals surface area contributed by atoms with E-state index in [1.807, 2.05) is 0 Å². The first kappa shape index (κ1) is 12.6. The second-order valence-electron chi connectivity index (χ2n) is 4.20. The molecule has 0 aromatic carbocycles. The van der Waals surface area contributed by atoms with Crippen molar-refractivity contribution in [1.82, 2.24) is 9.88 Å². The number of carbonyl (C=O) groups excluding carboxylic acids is 1. The van der Waals surface area contributed by atoms with E-state index in [9.17, 15) is 13.2 Å². The first-order valence-electron chi connectivity index (χ1n) is 5.20. The summed E-state index contributed by atoms with van der Waals surface area (Å²) < 4.78 is 23.5. The number of halogens is 1. The molecule has 0 spiro atoms. The number of amides is 1.